The van der Waals surface area contributed by atoms with Gasteiger partial charge in [0.05, 0.1) is 26.7 Å². The van der Waals surface area contributed by atoms with Gasteiger partial charge in [-0.25, -0.2) is 23.2 Å². The Morgan fingerprint density at radius 3 is 2.81 bits per heavy atom. The molecule has 2 aromatic rings. The maximum absolute atomic E-state index is 12.5. The van der Waals surface area contributed by atoms with Crippen LogP contribution in [0.4, 0.5) is 0 Å². The Hall–Kier alpha value is -2.38. The molecular weight excluding hydrogens is 432 g/mol. The zero-order chi connectivity index (χ0) is 22.5. The number of hydrogen-bond donors (Lipinski definition) is 1. The van der Waals surface area contributed by atoms with Gasteiger partial charge >= 0.3 is 0 Å². The average molecular weight is 459 g/mol. The molecule has 0 radical (unpaired) electrons. The smallest absolute Gasteiger partial charge is 0.242 e. The van der Waals surface area contributed by atoms with Crippen LogP contribution in [0.15, 0.2) is 23.1 Å². The van der Waals surface area contributed by atoms with Crippen molar-refractivity contribution in [2.75, 3.05) is 13.3 Å². The van der Waals surface area contributed by atoms with Crippen molar-refractivity contribution < 1.29 is 18.2 Å². The van der Waals surface area contributed by atoms with E-state index in [-0.39, 0.29) is 24.2 Å². The molecule has 1 atom stereocenters. The van der Waals surface area contributed by atoms with Gasteiger partial charge in [0, 0.05) is 5.92 Å². The minimum Gasteiger partial charge on any atom is -0.242 e. The molecule has 0 amide bonds. The summed E-state index contributed by atoms with van der Waals surface area (Å²) in [5.41, 5.74) is 0.777. The predicted octanol–water partition coefficient (Wildman–Crippen LogP) is 4.02. The van der Waals surface area contributed by atoms with E-state index < -0.39 is 10.0 Å². The largest absolute Gasteiger partial charge is 0.242 e. The van der Waals surface area contributed by atoms with Gasteiger partial charge in [0.2, 0.25) is 10.0 Å². The van der Waals surface area contributed by atoms with Crippen molar-refractivity contribution in [3.8, 4) is 36.0 Å². The Morgan fingerprint density at radius 2 is 2.03 bits per heavy atom. The normalized spacial score (nSPS) is 11.8. The van der Waals surface area contributed by atoms with Crippen LogP contribution in [0.5, 0.6) is 0 Å². The molecular formula is C23H26N2O4S2. The Kier molecular flexibility index (Phi) is 10.5. The van der Waals surface area contributed by atoms with E-state index in [0.29, 0.717) is 0 Å². The number of sulfonamides is 1. The third-order valence-electron chi connectivity index (χ3n) is 4.32. The summed E-state index contributed by atoms with van der Waals surface area (Å²) in [7, 11) is -3.73. The molecule has 164 valence electrons. The third kappa shape index (κ3) is 8.71. The minimum atomic E-state index is -3.73. The standard InChI is InChI=1S/C23H26N2O4S2/c1-4-6-8-10-12-20(13-11-9-7-5-2)17-28-29-18-24-31(26,27)21-14-15-22-23(16-21)30-19(3)25-22/h1,14-16,20,24H,5,7,9,11,13,17-18H2,2-3H3. The van der Waals surface area contributed by atoms with Crippen molar-refractivity contribution >= 4 is 31.6 Å². The van der Waals surface area contributed by atoms with Crippen LogP contribution in [0.1, 0.15) is 44.0 Å². The number of terminal acetylenes is 1. The summed E-state index contributed by atoms with van der Waals surface area (Å²) in [4.78, 5) is 14.7. The van der Waals surface area contributed by atoms with E-state index in [2.05, 4.69) is 46.2 Å². The number of rotatable bonds is 12. The molecule has 31 heavy (non-hydrogen) atoms. The fourth-order valence-electron chi connectivity index (χ4n) is 2.76. The van der Waals surface area contributed by atoms with E-state index in [1.807, 2.05) is 6.92 Å². The van der Waals surface area contributed by atoms with Crippen LogP contribution < -0.4 is 4.72 Å². The molecule has 0 fully saturated rings. The van der Waals surface area contributed by atoms with Gasteiger partial charge in [-0.05, 0) is 55.2 Å². The van der Waals surface area contributed by atoms with Crippen LogP contribution in [0.25, 0.3) is 10.2 Å². The summed E-state index contributed by atoms with van der Waals surface area (Å²) >= 11 is 1.44. The Labute approximate surface area is 188 Å². The molecule has 1 heterocycles. The maximum Gasteiger partial charge on any atom is 0.242 e. The lowest BCUT2D eigenvalue weighted by Crippen LogP contribution is -2.27. The number of nitrogens with one attached hydrogen (secondary N) is 1. The molecule has 1 aromatic heterocycles. The second-order valence-electron chi connectivity index (χ2n) is 6.77. The lowest BCUT2D eigenvalue weighted by Gasteiger charge is -2.11. The number of hydrogen-bond acceptors (Lipinski definition) is 6. The molecule has 1 aromatic carbocycles. The highest BCUT2D eigenvalue weighted by atomic mass is 32.2. The van der Waals surface area contributed by atoms with Gasteiger partial charge in [0.15, 0.2) is 0 Å². The molecule has 6 nitrogen and oxygen atoms in total. The molecule has 0 aliphatic carbocycles. The van der Waals surface area contributed by atoms with E-state index in [0.717, 1.165) is 40.9 Å². The highest BCUT2D eigenvalue weighted by molar-refractivity contribution is 7.89. The van der Waals surface area contributed by atoms with Gasteiger partial charge < -0.3 is 0 Å². The van der Waals surface area contributed by atoms with Gasteiger partial charge in [0.1, 0.15) is 6.73 Å². The van der Waals surface area contributed by atoms with Crippen molar-refractivity contribution in [3.63, 3.8) is 0 Å². The van der Waals surface area contributed by atoms with Crippen molar-refractivity contribution in [2.24, 2.45) is 5.92 Å². The van der Waals surface area contributed by atoms with E-state index in [1.54, 1.807) is 12.1 Å². The first-order valence-corrected chi connectivity index (χ1v) is 12.3. The molecule has 0 spiro atoms. The fourth-order valence-corrected chi connectivity index (χ4v) is 4.60. The van der Waals surface area contributed by atoms with E-state index in [9.17, 15) is 8.42 Å². The maximum atomic E-state index is 12.5. The number of thiazole rings is 1. The molecule has 0 bridgehead atoms. The lowest BCUT2D eigenvalue weighted by molar-refractivity contribution is -0.300. The van der Waals surface area contributed by atoms with Crippen LogP contribution in [-0.2, 0) is 19.8 Å². The third-order valence-corrected chi connectivity index (χ3v) is 6.62. The highest BCUT2D eigenvalue weighted by Crippen LogP contribution is 2.24. The first kappa shape index (κ1) is 24.9. The number of fused-ring (bicyclic) bond motifs is 1. The molecule has 2 rings (SSSR count). The molecule has 0 saturated carbocycles. The Bertz CT molecular complexity index is 1130. The van der Waals surface area contributed by atoms with Crippen molar-refractivity contribution in [1.82, 2.24) is 9.71 Å². The Morgan fingerprint density at radius 1 is 1.19 bits per heavy atom. The predicted molar refractivity (Wildman–Crippen MR) is 123 cm³/mol. The average Bonchev–Trinajstić information content (AvgIpc) is 3.12. The number of nitrogens with zero attached hydrogens (tertiary/aromatic N) is 1. The van der Waals surface area contributed by atoms with Crippen LogP contribution in [0.3, 0.4) is 0 Å². The second kappa shape index (κ2) is 13.1. The first-order chi connectivity index (χ1) is 15.0. The summed E-state index contributed by atoms with van der Waals surface area (Å²) in [6.45, 7) is 3.94. The van der Waals surface area contributed by atoms with Crippen LogP contribution in [-0.4, -0.2) is 26.7 Å². The molecule has 8 heteroatoms. The molecule has 1 unspecified atom stereocenters. The van der Waals surface area contributed by atoms with Crippen LogP contribution >= 0.6 is 11.3 Å². The molecule has 1 N–H and O–H groups in total. The molecule has 0 aliphatic rings. The van der Waals surface area contributed by atoms with Crippen LogP contribution in [0, 0.1) is 48.9 Å². The molecule has 0 saturated heterocycles. The van der Waals surface area contributed by atoms with E-state index in [1.165, 1.54) is 23.8 Å². The van der Waals surface area contributed by atoms with Gasteiger partial charge in [-0.3, -0.25) is 0 Å². The van der Waals surface area contributed by atoms with Gasteiger partial charge in [0.25, 0.3) is 0 Å². The van der Waals surface area contributed by atoms with Gasteiger partial charge in [-0.2, -0.15) is 4.72 Å². The summed E-state index contributed by atoms with van der Waals surface area (Å²) in [5.74, 6) is 12.9. The number of aromatic nitrogens is 1. The van der Waals surface area contributed by atoms with Gasteiger partial charge in [-0.1, -0.05) is 38.5 Å². The Balaban J connectivity index is 1.83. The number of unbranched alkanes of at least 4 members (excludes halogenated alkanes) is 3. The van der Waals surface area contributed by atoms with E-state index >= 15 is 0 Å². The number of aryl methyl sites for hydroxylation is 1. The topological polar surface area (TPSA) is 77.5 Å². The lowest BCUT2D eigenvalue weighted by atomic mass is 10.0. The minimum absolute atomic E-state index is 0.0717. The first-order valence-electron chi connectivity index (χ1n) is 10.0. The highest BCUT2D eigenvalue weighted by Gasteiger charge is 2.15. The summed E-state index contributed by atoms with van der Waals surface area (Å²) in [6.07, 6.45) is 10.4. The summed E-state index contributed by atoms with van der Waals surface area (Å²) < 4.78 is 28.1. The molecule has 0 aliphatic heterocycles. The van der Waals surface area contributed by atoms with Crippen LogP contribution in [0.2, 0.25) is 0 Å². The quantitative estimate of drug-likeness (QED) is 0.171. The second-order valence-corrected chi connectivity index (χ2v) is 9.77. The van der Waals surface area contributed by atoms with Crippen molar-refractivity contribution in [3.05, 3.63) is 23.2 Å². The van der Waals surface area contributed by atoms with Crippen molar-refractivity contribution in [1.29, 1.82) is 0 Å². The SMILES string of the molecule is C#CC#CC#CC(CCCCCC)COOCNS(=O)(=O)c1ccc2nc(C)sc2c1. The summed E-state index contributed by atoms with van der Waals surface area (Å²) in [5, 5.41) is 0.881. The fraction of sp³-hybridized carbons (Fsp3) is 0.435. The van der Waals surface area contributed by atoms with E-state index in [4.69, 9.17) is 16.2 Å². The zero-order valence-electron chi connectivity index (χ0n) is 17.7. The number of benzene rings is 1. The monoisotopic (exact) mass is 458 g/mol. The van der Waals surface area contributed by atoms with Gasteiger partial charge in [-0.15, -0.1) is 17.8 Å². The zero-order valence-corrected chi connectivity index (χ0v) is 19.4. The summed E-state index contributed by atoms with van der Waals surface area (Å²) in [6, 6.07) is 4.81. The van der Waals surface area contributed by atoms with Crippen molar-refractivity contribution in [2.45, 2.75) is 50.8 Å².